The Morgan fingerprint density at radius 2 is 1.96 bits per heavy atom. The molecule has 5 heteroatoms. The third-order valence-corrected chi connectivity index (χ3v) is 4.39. The van der Waals surface area contributed by atoms with Crippen molar-refractivity contribution in [3.05, 3.63) is 83.7 Å². The highest BCUT2D eigenvalue weighted by Crippen LogP contribution is 2.19. The molecule has 0 amide bonds. The van der Waals surface area contributed by atoms with Crippen molar-refractivity contribution >= 4 is 0 Å². The Bertz CT molecular complexity index is 821. The van der Waals surface area contributed by atoms with Crippen LogP contribution in [0.3, 0.4) is 0 Å². The van der Waals surface area contributed by atoms with Crippen molar-refractivity contribution in [2.24, 2.45) is 0 Å². The smallest absolute Gasteiger partial charge is 0.130 e. The maximum atomic E-state index is 5.79. The molecule has 1 aliphatic heterocycles. The minimum absolute atomic E-state index is 0.489. The van der Waals surface area contributed by atoms with E-state index < -0.39 is 0 Å². The van der Waals surface area contributed by atoms with Gasteiger partial charge in [0.05, 0.1) is 11.4 Å². The van der Waals surface area contributed by atoms with E-state index in [4.69, 9.17) is 4.74 Å². The minimum atomic E-state index is 0.489. The van der Waals surface area contributed by atoms with E-state index in [-0.39, 0.29) is 0 Å². The van der Waals surface area contributed by atoms with Crippen molar-refractivity contribution in [2.75, 3.05) is 6.54 Å². The zero-order valence-electron chi connectivity index (χ0n) is 14.0. The van der Waals surface area contributed by atoms with Crippen molar-refractivity contribution in [2.45, 2.75) is 26.1 Å². The quantitative estimate of drug-likeness (QED) is 0.719. The van der Waals surface area contributed by atoms with Crippen LogP contribution in [-0.4, -0.2) is 26.4 Å². The fraction of sp³-hybridized carbons (Fsp3) is 0.250. The monoisotopic (exact) mass is 332 g/mol. The summed E-state index contributed by atoms with van der Waals surface area (Å²) in [6.45, 7) is 3.33. The third kappa shape index (κ3) is 4.00. The fourth-order valence-corrected chi connectivity index (χ4v) is 3.03. The molecule has 0 N–H and O–H groups in total. The lowest BCUT2D eigenvalue weighted by molar-refractivity contribution is 0.241. The van der Waals surface area contributed by atoms with Crippen molar-refractivity contribution in [3.8, 4) is 5.75 Å². The van der Waals surface area contributed by atoms with E-state index in [1.165, 1.54) is 11.1 Å². The highest BCUT2D eigenvalue weighted by molar-refractivity contribution is 5.28. The fourth-order valence-electron chi connectivity index (χ4n) is 3.03. The average Bonchev–Trinajstić information content (AvgIpc) is 2.68. The zero-order chi connectivity index (χ0) is 16.9. The second kappa shape index (κ2) is 7.40. The summed E-state index contributed by atoms with van der Waals surface area (Å²) in [5, 5.41) is 0. The topological polar surface area (TPSA) is 51.1 Å². The molecule has 1 aliphatic rings. The Balaban J connectivity index is 1.33. The summed E-state index contributed by atoms with van der Waals surface area (Å²) >= 11 is 0. The van der Waals surface area contributed by atoms with Crippen molar-refractivity contribution < 1.29 is 4.74 Å². The van der Waals surface area contributed by atoms with E-state index in [0.29, 0.717) is 6.61 Å². The van der Waals surface area contributed by atoms with E-state index >= 15 is 0 Å². The highest BCUT2D eigenvalue weighted by Gasteiger charge is 2.17. The maximum absolute atomic E-state index is 5.79. The van der Waals surface area contributed by atoms with Crippen molar-refractivity contribution in [1.29, 1.82) is 0 Å². The minimum Gasteiger partial charge on any atom is -0.487 e. The molecule has 0 aliphatic carbocycles. The lowest BCUT2D eigenvalue weighted by atomic mass is 10.1. The predicted octanol–water partition coefficient (Wildman–Crippen LogP) is 3.01. The molecule has 0 saturated heterocycles. The molecule has 126 valence electrons. The van der Waals surface area contributed by atoms with Gasteiger partial charge in [0, 0.05) is 32.0 Å². The first kappa shape index (κ1) is 15.7. The SMILES string of the molecule is c1ccc(COc2ccc(CN3CCc4cncnc4C3)cc2)nc1. The average molecular weight is 332 g/mol. The number of benzene rings is 1. The number of hydrogen-bond acceptors (Lipinski definition) is 5. The van der Waals surface area contributed by atoms with E-state index in [1.807, 2.05) is 36.5 Å². The summed E-state index contributed by atoms with van der Waals surface area (Å²) in [5.74, 6) is 0.867. The Morgan fingerprint density at radius 1 is 1.04 bits per heavy atom. The van der Waals surface area contributed by atoms with E-state index in [0.717, 1.165) is 43.2 Å². The van der Waals surface area contributed by atoms with Gasteiger partial charge in [0.1, 0.15) is 18.7 Å². The Morgan fingerprint density at radius 3 is 2.80 bits per heavy atom. The van der Waals surface area contributed by atoms with Gasteiger partial charge < -0.3 is 4.74 Å². The molecule has 3 aromatic rings. The van der Waals surface area contributed by atoms with Gasteiger partial charge in [-0.2, -0.15) is 0 Å². The second-order valence-electron chi connectivity index (χ2n) is 6.21. The third-order valence-electron chi connectivity index (χ3n) is 4.39. The molecule has 1 aromatic carbocycles. The van der Waals surface area contributed by atoms with Gasteiger partial charge in [-0.25, -0.2) is 9.97 Å². The van der Waals surface area contributed by atoms with E-state index in [1.54, 1.807) is 12.5 Å². The van der Waals surface area contributed by atoms with E-state index in [9.17, 15) is 0 Å². The summed E-state index contributed by atoms with van der Waals surface area (Å²) in [6.07, 6.45) is 6.37. The number of fused-ring (bicyclic) bond motifs is 1. The summed E-state index contributed by atoms with van der Waals surface area (Å²) in [6, 6.07) is 14.1. The lowest BCUT2D eigenvalue weighted by Crippen LogP contribution is -2.30. The lowest BCUT2D eigenvalue weighted by Gasteiger charge is -2.27. The molecule has 0 fully saturated rings. The maximum Gasteiger partial charge on any atom is 0.130 e. The molecule has 0 radical (unpaired) electrons. The van der Waals surface area contributed by atoms with Crippen LogP contribution in [0.1, 0.15) is 22.5 Å². The summed E-state index contributed by atoms with van der Waals surface area (Å²) in [4.78, 5) is 15.2. The molecular weight excluding hydrogens is 312 g/mol. The first-order valence-electron chi connectivity index (χ1n) is 8.48. The van der Waals surface area contributed by atoms with Gasteiger partial charge in [-0.05, 0) is 41.8 Å². The molecule has 5 nitrogen and oxygen atoms in total. The predicted molar refractivity (Wildman–Crippen MR) is 94.9 cm³/mol. The Hall–Kier alpha value is -2.79. The molecule has 25 heavy (non-hydrogen) atoms. The largest absolute Gasteiger partial charge is 0.487 e. The molecule has 0 bridgehead atoms. The van der Waals surface area contributed by atoms with Gasteiger partial charge in [0.25, 0.3) is 0 Å². The van der Waals surface area contributed by atoms with Gasteiger partial charge in [-0.3, -0.25) is 9.88 Å². The molecule has 0 atom stereocenters. The number of rotatable bonds is 5. The number of aromatic nitrogens is 3. The molecule has 0 spiro atoms. The van der Waals surface area contributed by atoms with E-state index in [2.05, 4.69) is 32.0 Å². The first-order valence-corrected chi connectivity index (χ1v) is 8.48. The van der Waals surface area contributed by atoms with Crippen LogP contribution in [0, 0.1) is 0 Å². The molecule has 3 heterocycles. The number of pyridine rings is 1. The van der Waals surface area contributed by atoms with Crippen LogP contribution in [0.25, 0.3) is 0 Å². The normalized spacial score (nSPS) is 14.1. The Labute approximate surface area is 147 Å². The Kier molecular flexibility index (Phi) is 4.65. The summed E-state index contributed by atoms with van der Waals surface area (Å²) < 4.78 is 5.79. The van der Waals surface area contributed by atoms with Gasteiger partial charge in [-0.1, -0.05) is 18.2 Å². The number of nitrogens with zero attached hydrogens (tertiary/aromatic N) is 4. The summed E-state index contributed by atoms with van der Waals surface area (Å²) in [5.41, 5.74) is 4.64. The second-order valence-corrected chi connectivity index (χ2v) is 6.21. The van der Waals surface area contributed by atoms with Gasteiger partial charge in [0.2, 0.25) is 0 Å². The van der Waals surface area contributed by atoms with Crippen LogP contribution in [0.5, 0.6) is 5.75 Å². The van der Waals surface area contributed by atoms with Gasteiger partial charge in [0.15, 0.2) is 0 Å². The molecule has 0 unspecified atom stereocenters. The van der Waals surface area contributed by atoms with Crippen molar-refractivity contribution in [1.82, 2.24) is 19.9 Å². The number of hydrogen-bond donors (Lipinski definition) is 0. The molecule has 4 rings (SSSR count). The van der Waals surface area contributed by atoms with Crippen LogP contribution in [0.15, 0.2) is 61.2 Å². The highest BCUT2D eigenvalue weighted by atomic mass is 16.5. The summed E-state index contributed by atoms with van der Waals surface area (Å²) in [7, 11) is 0. The van der Waals surface area contributed by atoms with Crippen LogP contribution >= 0.6 is 0 Å². The molecule has 0 saturated carbocycles. The first-order chi connectivity index (χ1) is 12.4. The number of ether oxygens (including phenoxy) is 1. The molecule has 2 aromatic heterocycles. The van der Waals surface area contributed by atoms with Crippen LogP contribution in [-0.2, 0) is 26.1 Å². The van der Waals surface area contributed by atoms with Gasteiger partial charge >= 0.3 is 0 Å². The van der Waals surface area contributed by atoms with Crippen LogP contribution in [0.2, 0.25) is 0 Å². The van der Waals surface area contributed by atoms with Gasteiger partial charge in [-0.15, -0.1) is 0 Å². The van der Waals surface area contributed by atoms with Crippen LogP contribution < -0.4 is 4.74 Å². The standard InChI is InChI=1S/C20H20N4O/c1-2-9-22-18(3-1)14-25-19-6-4-16(5-7-19)12-24-10-8-17-11-21-15-23-20(17)13-24/h1-7,9,11,15H,8,10,12-14H2. The zero-order valence-corrected chi connectivity index (χ0v) is 14.0. The van der Waals surface area contributed by atoms with Crippen molar-refractivity contribution in [3.63, 3.8) is 0 Å². The molecular formula is C20H20N4O. The van der Waals surface area contributed by atoms with Crippen LogP contribution in [0.4, 0.5) is 0 Å².